The van der Waals surface area contributed by atoms with Crippen LogP contribution in [-0.2, 0) is 22.5 Å². The quantitative estimate of drug-likeness (QED) is 0.605. The van der Waals surface area contributed by atoms with Crippen molar-refractivity contribution in [3.63, 3.8) is 0 Å². The lowest BCUT2D eigenvalue weighted by atomic mass is 9.48. The minimum atomic E-state index is -0.549. The first-order valence-electron chi connectivity index (χ1n) is 14.6. The zero-order chi connectivity index (χ0) is 26.7. The SMILES string of the molecule is CC(C)(C)OC(=O)N1CCC(C(=O)N2CCc3c(ncnc3NC[C@@H](O)C34CC5CC(CC(C5)C3)C4)C2)C1. The number of nitrogens with zero attached hydrogens (tertiary/aromatic N) is 4. The number of aromatic nitrogens is 2. The van der Waals surface area contributed by atoms with Crippen LogP contribution < -0.4 is 5.32 Å². The van der Waals surface area contributed by atoms with Crippen LogP contribution in [0.15, 0.2) is 6.33 Å². The highest BCUT2D eigenvalue weighted by Gasteiger charge is 2.53. The maximum absolute atomic E-state index is 13.3. The molecule has 6 aliphatic rings. The molecule has 0 aromatic carbocycles. The minimum absolute atomic E-state index is 0.0759. The minimum Gasteiger partial charge on any atom is -0.444 e. The summed E-state index contributed by atoms with van der Waals surface area (Å²) in [5, 5.41) is 14.8. The van der Waals surface area contributed by atoms with Gasteiger partial charge in [-0.3, -0.25) is 4.79 Å². The Labute approximate surface area is 225 Å². The van der Waals surface area contributed by atoms with Crippen molar-refractivity contribution in [2.75, 3.05) is 31.5 Å². The molecule has 2 aliphatic heterocycles. The number of carbonyl (C=O) groups is 2. The lowest BCUT2D eigenvalue weighted by Crippen LogP contribution is -2.53. The normalized spacial score (nSPS) is 32.7. The Bertz CT molecular complexity index is 1050. The summed E-state index contributed by atoms with van der Waals surface area (Å²) >= 11 is 0. The number of hydrogen-bond acceptors (Lipinski definition) is 7. The molecule has 9 heteroatoms. The summed E-state index contributed by atoms with van der Waals surface area (Å²) < 4.78 is 5.48. The Kier molecular flexibility index (Phi) is 6.56. The van der Waals surface area contributed by atoms with Crippen LogP contribution in [0.5, 0.6) is 0 Å². The van der Waals surface area contributed by atoms with Gasteiger partial charge in [-0.2, -0.15) is 0 Å². The predicted molar refractivity (Wildman–Crippen MR) is 142 cm³/mol. The largest absolute Gasteiger partial charge is 0.444 e. The molecule has 3 heterocycles. The number of amides is 2. The Balaban J connectivity index is 1.06. The van der Waals surface area contributed by atoms with Crippen LogP contribution in [0, 0.1) is 29.1 Å². The van der Waals surface area contributed by atoms with Gasteiger partial charge in [-0.25, -0.2) is 14.8 Å². The first kappa shape index (κ1) is 25.8. The number of rotatable bonds is 5. The van der Waals surface area contributed by atoms with Crippen LogP contribution in [0.1, 0.15) is 77.0 Å². The van der Waals surface area contributed by atoms with Crippen LogP contribution in [-0.4, -0.2) is 74.8 Å². The van der Waals surface area contributed by atoms with E-state index in [-0.39, 0.29) is 29.4 Å². The zero-order valence-electron chi connectivity index (χ0n) is 23.1. The summed E-state index contributed by atoms with van der Waals surface area (Å²) in [6, 6.07) is 0. The summed E-state index contributed by atoms with van der Waals surface area (Å²) in [5.74, 6) is 3.08. The van der Waals surface area contributed by atoms with E-state index in [2.05, 4.69) is 15.3 Å². The number of anilines is 1. The molecular weight excluding hydrogens is 482 g/mol. The van der Waals surface area contributed by atoms with E-state index in [9.17, 15) is 14.7 Å². The van der Waals surface area contributed by atoms with E-state index < -0.39 is 5.60 Å². The zero-order valence-corrected chi connectivity index (χ0v) is 23.1. The summed E-state index contributed by atoms with van der Waals surface area (Å²) in [7, 11) is 0. The smallest absolute Gasteiger partial charge is 0.410 e. The van der Waals surface area contributed by atoms with Gasteiger partial charge in [0.1, 0.15) is 17.7 Å². The molecular formula is C29H43N5O4. The molecule has 38 heavy (non-hydrogen) atoms. The van der Waals surface area contributed by atoms with Crippen molar-refractivity contribution in [1.82, 2.24) is 19.8 Å². The molecule has 5 fully saturated rings. The molecule has 0 spiro atoms. The third-order valence-electron chi connectivity index (χ3n) is 9.76. The molecule has 1 aromatic heterocycles. The molecule has 4 saturated carbocycles. The van der Waals surface area contributed by atoms with Gasteiger partial charge in [0.05, 0.1) is 24.3 Å². The van der Waals surface area contributed by atoms with Gasteiger partial charge in [0.15, 0.2) is 0 Å². The van der Waals surface area contributed by atoms with Crippen LogP contribution in [0.2, 0.25) is 0 Å². The second kappa shape index (κ2) is 9.65. The monoisotopic (exact) mass is 525 g/mol. The maximum Gasteiger partial charge on any atom is 0.410 e. The van der Waals surface area contributed by atoms with Crippen molar-refractivity contribution < 1.29 is 19.4 Å². The second-order valence-electron chi connectivity index (χ2n) is 13.7. The van der Waals surface area contributed by atoms with Gasteiger partial charge < -0.3 is 25.0 Å². The van der Waals surface area contributed by atoms with Gasteiger partial charge in [-0.05, 0) is 95.3 Å². The molecule has 2 N–H and O–H groups in total. The molecule has 1 saturated heterocycles. The molecule has 9 nitrogen and oxygen atoms in total. The van der Waals surface area contributed by atoms with Crippen LogP contribution in [0.3, 0.4) is 0 Å². The fourth-order valence-corrected chi connectivity index (χ4v) is 8.40. The van der Waals surface area contributed by atoms with Crippen molar-refractivity contribution in [3.8, 4) is 0 Å². The standard InChI is InChI=1S/C29H43N5O4/c1-28(2,3)38-27(37)34-6-4-21(15-34)26(36)33-7-5-22-23(16-33)31-17-32-25(22)30-14-24(35)29-11-18-8-19(12-29)10-20(9-18)13-29/h17-21,24,35H,4-16H2,1-3H3,(H,30,31,32)/t18?,19?,20?,21?,24-,29?/m1/s1. The number of fused-ring (bicyclic) bond motifs is 1. The van der Waals surface area contributed by atoms with Gasteiger partial charge in [0.25, 0.3) is 0 Å². The lowest BCUT2D eigenvalue weighted by molar-refractivity contribution is -0.136. The highest BCUT2D eigenvalue weighted by Crippen LogP contribution is 2.61. The van der Waals surface area contributed by atoms with Crippen LogP contribution in [0.4, 0.5) is 10.6 Å². The first-order valence-corrected chi connectivity index (χ1v) is 14.6. The topological polar surface area (TPSA) is 108 Å². The van der Waals surface area contributed by atoms with Gasteiger partial charge in [-0.15, -0.1) is 0 Å². The van der Waals surface area contributed by atoms with Gasteiger partial charge in [0.2, 0.25) is 5.91 Å². The number of carbonyl (C=O) groups excluding carboxylic acids is 2. The van der Waals surface area contributed by atoms with E-state index in [4.69, 9.17) is 4.74 Å². The highest BCUT2D eigenvalue weighted by molar-refractivity contribution is 5.81. The third-order valence-corrected chi connectivity index (χ3v) is 9.76. The van der Waals surface area contributed by atoms with Crippen LogP contribution in [0.25, 0.3) is 0 Å². The number of aliphatic hydroxyl groups excluding tert-OH is 1. The van der Waals surface area contributed by atoms with E-state index in [1.807, 2.05) is 25.7 Å². The molecule has 4 aliphatic carbocycles. The van der Waals surface area contributed by atoms with Crippen LogP contribution >= 0.6 is 0 Å². The van der Waals surface area contributed by atoms with Gasteiger partial charge >= 0.3 is 6.09 Å². The molecule has 208 valence electrons. The van der Waals surface area contributed by atoms with Gasteiger partial charge in [-0.1, -0.05) is 0 Å². The van der Waals surface area contributed by atoms with Crippen molar-refractivity contribution >= 4 is 17.8 Å². The Morgan fingerprint density at radius 3 is 2.45 bits per heavy atom. The van der Waals surface area contributed by atoms with E-state index in [0.29, 0.717) is 45.6 Å². The second-order valence-corrected chi connectivity index (χ2v) is 13.7. The fourth-order valence-electron chi connectivity index (χ4n) is 8.40. The number of likely N-dealkylation sites (tertiary alicyclic amines) is 1. The molecule has 2 atom stereocenters. The fraction of sp³-hybridized carbons (Fsp3) is 0.793. The average molecular weight is 526 g/mol. The van der Waals surface area contributed by atoms with Crippen molar-refractivity contribution in [2.45, 2.75) is 90.4 Å². The molecule has 1 unspecified atom stereocenters. The molecule has 1 aromatic rings. The number of ether oxygens (including phenoxy) is 1. The summed E-state index contributed by atoms with van der Waals surface area (Å²) in [5.41, 5.74) is 1.45. The van der Waals surface area contributed by atoms with Crippen molar-refractivity contribution in [2.24, 2.45) is 29.1 Å². The lowest BCUT2D eigenvalue weighted by Gasteiger charge is -2.58. The summed E-state index contributed by atoms with van der Waals surface area (Å²) in [6.07, 6.45) is 9.81. The summed E-state index contributed by atoms with van der Waals surface area (Å²) in [4.78, 5) is 38.3. The average Bonchev–Trinajstić information content (AvgIpc) is 3.35. The van der Waals surface area contributed by atoms with Crippen molar-refractivity contribution in [3.05, 3.63) is 17.6 Å². The predicted octanol–water partition coefficient (Wildman–Crippen LogP) is 3.61. The number of nitrogens with one attached hydrogen (secondary N) is 1. The molecule has 0 radical (unpaired) electrons. The van der Waals surface area contributed by atoms with Crippen molar-refractivity contribution in [1.29, 1.82) is 0 Å². The highest BCUT2D eigenvalue weighted by atomic mass is 16.6. The Morgan fingerprint density at radius 2 is 1.79 bits per heavy atom. The Hall–Kier alpha value is -2.42. The number of hydrogen-bond donors (Lipinski definition) is 2. The van der Waals surface area contributed by atoms with E-state index in [0.717, 1.165) is 34.8 Å². The first-order chi connectivity index (χ1) is 18.1. The van der Waals surface area contributed by atoms with E-state index >= 15 is 0 Å². The van der Waals surface area contributed by atoms with E-state index in [1.165, 1.54) is 38.5 Å². The molecule has 4 bridgehead atoms. The third kappa shape index (κ3) is 4.98. The number of aliphatic hydroxyl groups is 1. The van der Waals surface area contributed by atoms with E-state index in [1.54, 1.807) is 11.2 Å². The maximum atomic E-state index is 13.3. The summed E-state index contributed by atoms with van der Waals surface area (Å²) in [6.45, 7) is 8.06. The molecule has 2 amide bonds. The van der Waals surface area contributed by atoms with Gasteiger partial charge in [0, 0.05) is 31.7 Å². The Morgan fingerprint density at radius 1 is 1.11 bits per heavy atom. The molecule has 7 rings (SSSR count).